The number of rotatable bonds is 7. The molecule has 1 unspecified atom stereocenters. The van der Waals surface area contributed by atoms with Gasteiger partial charge in [-0.2, -0.15) is 5.10 Å². The first-order valence-corrected chi connectivity index (χ1v) is 8.35. The highest BCUT2D eigenvalue weighted by Crippen LogP contribution is 2.15. The molecule has 3 aromatic rings. The number of hydrogen-bond acceptors (Lipinski definition) is 5. The minimum atomic E-state index is -0.769. The molecule has 0 radical (unpaired) electrons. The molecule has 1 atom stereocenters. The van der Waals surface area contributed by atoms with Gasteiger partial charge in [0.1, 0.15) is 17.3 Å². The number of ether oxygens (including phenoxy) is 1. The lowest BCUT2D eigenvalue weighted by atomic mass is 10.3. The second kappa shape index (κ2) is 8.31. The average molecular weight is 371 g/mol. The van der Waals surface area contributed by atoms with E-state index < -0.39 is 6.10 Å². The Bertz CT molecular complexity index is 952. The lowest BCUT2D eigenvalue weighted by molar-refractivity contribution is -0.127. The molecule has 140 valence electrons. The lowest BCUT2D eigenvalue weighted by Gasteiger charge is -2.15. The van der Waals surface area contributed by atoms with Gasteiger partial charge in [0.2, 0.25) is 0 Å². The van der Waals surface area contributed by atoms with Crippen LogP contribution >= 0.6 is 0 Å². The molecule has 0 aliphatic rings. The predicted octanol–water partition coefficient (Wildman–Crippen LogP) is 2.23. The maximum absolute atomic E-state index is 12.9. The summed E-state index contributed by atoms with van der Waals surface area (Å²) < 4.78 is 24.9. The van der Waals surface area contributed by atoms with E-state index in [2.05, 4.69) is 10.4 Å². The molecule has 0 saturated carbocycles. The van der Waals surface area contributed by atoms with Crippen molar-refractivity contribution in [3.8, 4) is 17.2 Å². The zero-order chi connectivity index (χ0) is 19.2. The van der Waals surface area contributed by atoms with Crippen molar-refractivity contribution in [3.63, 3.8) is 0 Å². The van der Waals surface area contributed by atoms with E-state index in [1.165, 1.54) is 41.3 Å². The number of nitrogens with zero attached hydrogens (tertiary/aromatic N) is 2. The van der Waals surface area contributed by atoms with E-state index in [-0.39, 0.29) is 30.4 Å². The van der Waals surface area contributed by atoms with Crippen LogP contribution in [0.1, 0.15) is 6.92 Å². The summed E-state index contributed by atoms with van der Waals surface area (Å²) >= 11 is 0. The van der Waals surface area contributed by atoms with Crippen LogP contribution in [0.15, 0.2) is 64.0 Å². The highest BCUT2D eigenvalue weighted by Gasteiger charge is 2.14. The van der Waals surface area contributed by atoms with Crippen LogP contribution in [0.25, 0.3) is 11.5 Å². The van der Waals surface area contributed by atoms with Crippen molar-refractivity contribution in [1.82, 2.24) is 15.1 Å². The first kappa shape index (κ1) is 18.4. The van der Waals surface area contributed by atoms with E-state index in [1.807, 2.05) is 0 Å². The SMILES string of the molecule is CC(Oc1ccc(F)cc1)C(=O)NCCn1nc(-c2ccco2)ccc1=O. The Morgan fingerprint density at radius 2 is 2.04 bits per heavy atom. The second-order valence-corrected chi connectivity index (χ2v) is 5.76. The molecule has 1 amide bonds. The van der Waals surface area contributed by atoms with Crippen LogP contribution < -0.4 is 15.6 Å². The largest absolute Gasteiger partial charge is 0.481 e. The molecule has 0 fully saturated rings. The van der Waals surface area contributed by atoms with Gasteiger partial charge in [0.25, 0.3) is 11.5 Å². The molecule has 7 nitrogen and oxygen atoms in total. The van der Waals surface area contributed by atoms with Crippen molar-refractivity contribution in [2.75, 3.05) is 6.54 Å². The van der Waals surface area contributed by atoms with E-state index in [0.29, 0.717) is 17.2 Å². The van der Waals surface area contributed by atoms with Gasteiger partial charge in [-0.05, 0) is 49.4 Å². The molecule has 1 N–H and O–H groups in total. The van der Waals surface area contributed by atoms with Crippen molar-refractivity contribution in [3.05, 3.63) is 71.0 Å². The number of amides is 1. The Balaban J connectivity index is 1.54. The van der Waals surface area contributed by atoms with Gasteiger partial charge in [-0.15, -0.1) is 0 Å². The fourth-order valence-electron chi connectivity index (χ4n) is 2.36. The number of carbonyl (C=O) groups excluding carboxylic acids is 1. The fourth-order valence-corrected chi connectivity index (χ4v) is 2.36. The topological polar surface area (TPSA) is 86.4 Å². The van der Waals surface area contributed by atoms with Crippen molar-refractivity contribution < 1.29 is 18.3 Å². The van der Waals surface area contributed by atoms with Gasteiger partial charge in [0.05, 0.1) is 12.8 Å². The molecule has 3 rings (SSSR count). The van der Waals surface area contributed by atoms with E-state index in [0.717, 1.165) is 0 Å². The maximum atomic E-state index is 12.9. The third kappa shape index (κ3) is 4.81. The number of aromatic nitrogens is 2. The number of nitrogens with one attached hydrogen (secondary N) is 1. The molecule has 2 heterocycles. The summed E-state index contributed by atoms with van der Waals surface area (Å²) in [5.74, 6) is 0.209. The first-order valence-electron chi connectivity index (χ1n) is 8.35. The van der Waals surface area contributed by atoms with Gasteiger partial charge in [-0.3, -0.25) is 9.59 Å². The third-order valence-electron chi connectivity index (χ3n) is 3.76. The summed E-state index contributed by atoms with van der Waals surface area (Å²) in [7, 11) is 0. The zero-order valence-electron chi connectivity index (χ0n) is 14.6. The molecule has 0 aliphatic carbocycles. The standard InChI is InChI=1S/C19H18FN3O4/c1-13(27-15-6-4-14(20)5-7-15)19(25)21-10-11-23-18(24)9-8-16(22-23)17-3-2-12-26-17/h2-9,12-13H,10-11H2,1H3,(H,21,25). The van der Waals surface area contributed by atoms with Crippen LogP contribution in [0.4, 0.5) is 4.39 Å². The van der Waals surface area contributed by atoms with Crippen LogP contribution in [0.3, 0.4) is 0 Å². The maximum Gasteiger partial charge on any atom is 0.266 e. The van der Waals surface area contributed by atoms with E-state index in [1.54, 1.807) is 25.1 Å². The molecule has 0 bridgehead atoms. The summed E-state index contributed by atoms with van der Waals surface area (Å²) in [4.78, 5) is 24.0. The molecular formula is C19H18FN3O4. The van der Waals surface area contributed by atoms with Crippen LogP contribution in [0.2, 0.25) is 0 Å². The highest BCUT2D eigenvalue weighted by atomic mass is 19.1. The summed E-state index contributed by atoms with van der Waals surface area (Å²) in [6.07, 6.45) is 0.754. The first-order chi connectivity index (χ1) is 13.0. The predicted molar refractivity (Wildman–Crippen MR) is 95.7 cm³/mol. The highest BCUT2D eigenvalue weighted by molar-refractivity contribution is 5.80. The number of carbonyl (C=O) groups is 1. The van der Waals surface area contributed by atoms with Crippen molar-refractivity contribution in [2.45, 2.75) is 19.6 Å². The molecular weight excluding hydrogens is 353 g/mol. The molecule has 27 heavy (non-hydrogen) atoms. The van der Waals surface area contributed by atoms with Crippen LogP contribution in [-0.4, -0.2) is 28.3 Å². The van der Waals surface area contributed by atoms with Crippen LogP contribution in [0.5, 0.6) is 5.75 Å². The van der Waals surface area contributed by atoms with E-state index in [9.17, 15) is 14.0 Å². The molecule has 0 saturated heterocycles. The van der Waals surface area contributed by atoms with Crippen molar-refractivity contribution >= 4 is 5.91 Å². The van der Waals surface area contributed by atoms with E-state index >= 15 is 0 Å². The summed E-state index contributed by atoms with van der Waals surface area (Å²) in [6, 6.07) is 11.9. The number of benzene rings is 1. The zero-order valence-corrected chi connectivity index (χ0v) is 14.6. The van der Waals surface area contributed by atoms with Crippen molar-refractivity contribution in [1.29, 1.82) is 0 Å². The van der Waals surface area contributed by atoms with Gasteiger partial charge in [0.15, 0.2) is 11.9 Å². The number of furan rings is 1. The van der Waals surface area contributed by atoms with Crippen LogP contribution in [-0.2, 0) is 11.3 Å². The van der Waals surface area contributed by atoms with Gasteiger partial charge in [-0.1, -0.05) is 0 Å². The number of halogens is 1. The van der Waals surface area contributed by atoms with E-state index in [4.69, 9.17) is 9.15 Å². The van der Waals surface area contributed by atoms with Gasteiger partial charge >= 0.3 is 0 Å². The molecule has 1 aromatic carbocycles. The summed E-state index contributed by atoms with van der Waals surface area (Å²) in [6.45, 7) is 1.98. The van der Waals surface area contributed by atoms with Crippen molar-refractivity contribution in [2.24, 2.45) is 0 Å². The Morgan fingerprint density at radius 1 is 1.26 bits per heavy atom. The smallest absolute Gasteiger partial charge is 0.266 e. The lowest BCUT2D eigenvalue weighted by Crippen LogP contribution is -2.39. The Labute approximate surface area is 154 Å². The second-order valence-electron chi connectivity index (χ2n) is 5.76. The molecule has 8 heteroatoms. The summed E-state index contributed by atoms with van der Waals surface area (Å²) in [5, 5.41) is 6.91. The monoisotopic (exact) mass is 371 g/mol. The van der Waals surface area contributed by atoms with Gasteiger partial charge < -0.3 is 14.5 Å². The van der Waals surface area contributed by atoms with Gasteiger partial charge in [0, 0.05) is 12.6 Å². The Kier molecular flexibility index (Phi) is 5.65. The fraction of sp³-hybridized carbons (Fsp3) is 0.211. The Hall–Kier alpha value is -3.42. The quantitative estimate of drug-likeness (QED) is 0.688. The number of hydrogen-bond donors (Lipinski definition) is 1. The van der Waals surface area contributed by atoms with Gasteiger partial charge in [-0.25, -0.2) is 9.07 Å². The summed E-state index contributed by atoms with van der Waals surface area (Å²) in [5.41, 5.74) is 0.245. The normalized spacial score (nSPS) is 11.8. The molecule has 0 spiro atoms. The minimum absolute atomic E-state index is 0.197. The molecule has 0 aliphatic heterocycles. The molecule has 2 aromatic heterocycles. The Morgan fingerprint density at radius 3 is 2.74 bits per heavy atom. The van der Waals surface area contributed by atoms with Crippen LogP contribution in [0, 0.1) is 5.82 Å². The average Bonchev–Trinajstić information content (AvgIpc) is 3.19. The minimum Gasteiger partial charge on any atom is -0.481 e. The third-order valence-corrected chi connectivity index (χ3v) is 3.76.